The van der Waals surface area contributed by atoms with Gasteiger partial charge < -0.3 is 10.4 Å². The average Bonchev–Trinajstić information content (AvgIpc) is 2.80. The van der Waals surface area contributed by atoms with Crippen LogP contribution in [0.25, 0.3) is 0 Å². The highest BCUT2D eigenvalue weighted by Crippen LogP contribution is 2.13. The molecule has 6 heteroatoms. The predicted molar refractivity (Wildman–Crippen MR) is 69.0 cm³/mol. The number of hydrogen-bond donors (Lipinski definition) is 2. The van der Waals surface area contributed by atoms with Gasteiger partial charge >= 0.3 is 5.97 Å². The third-order valence-corrected chi connectivity index (χ3v) is 2.65. The lowest BCUT2D eigenvalue weighted by atomic mass is 10.2. The van der Waals surface area contributed by atoms with Gasteiger partial charge in [-0.1, -0.05) is 18.2 Å². The van der Waals surface area contributed by atoms with Gasteiger partial charge in [0.2, 0.25) is 5.91 Å². The lowest BCUT2D eigenvalue weighted by Gasteiger charge is -2.08. The first-order valence-electron chi connectivity index (χ1n) is 5.68. The molecule has 0 aliphatic rings. The molecule has 0 saturated carbocycles. The number of rotatable bonds is 4. The lowest BCUT2D eigenvalue weighted by Crippen LogP contribution is -2.22. The van der Waals surface area contributed by atoms with E-state index >= 15 is 0 Å². The predicted octanol–water partition coefficient (Wildman–Crippen LogP) is 1.53. The molecule has 2 rings (SSSR count). The van der Waals surface area contributed by atoms with E-state index in [0.29, 0.717) is 5.69 Å². The first kappa shape index (κ1) is 12.8. The van der Waals surface area contributed by atoms with Crippen LogP contribution in [0.4, 0.5) is 5.69 Å². The Morgan fingerprint density at radius 1 is 1.32 bits per heavy atom. The maximum Gasteiger partial charge on any atom is 0.354 e. The van der Waals surface area contributed by atoms with Gasteiger partial charge in [-0.3, -0.25) is 4.79 Å². The summed E-state index contributed by atoms with van der Waals surface area (Å²) >= 11 is 0. The van der Waals surface area contributed by atoms with Gasteiger partial charge in [0.15, 0.2) is 0 Å². The molecule has 19 heavy (non-hydrogen) atoms. The number of nitrogens with zero attached hydrogens (tertiary/aromatic N) is 2. The number of carbonyl (C=O) groups is 2. The maximum absolute atomic E-state index is 11.8. The molecule has 0 saturated heterocycles. The van der Waals surface area contributed by atoms with Gasteiger partial charge in [-0.25, -0.2) is 9.48 Å². The molecule has 0 spiro atoms. The largest absolute Gasteiger partial charge is 0.477 e. The van der Waals surface area contributed by atoms with Crippen molar-refractivity contribution in [2.75, 3.05) is 5.32 Å². The molecule has 0 fully saturated rings. The first-order valence-corrected chi connectivity index (χ1v) is 5.68. The topological polar surface area (TPSA) is 84.2 Å². The van der Waals surface area contributed by atoms with E-state index in [1.165, 1.54) is 12.3 Å². The number of anilines is 1. The summed E-state index contributed by atoms with van der Waals surface area (Å²) < 4.78 is 1.15. The average molecular weight is 259 g/mol. The molecular weight excluding hydrogens is 246 g/mol. The number of carboxylic acid groups (broad SMARTS) is 1. The third kappa shape index (κ3) is 2.98. The number of aromatic nitrogens is 2. The summed E-state index contributed by atoms with van der Waals surface area (Å²) in [5.74, 6) is -1.43. The van der Waals surface area contributed by atoms with Crippen LogP contribution < -0.4 is 5.32 Å². The van der Waals surface area contributed by atoms with Gasteiger partial charge in [0, 0.05) is 11.9 Å². The summed E-state index contributed by atoms with van der Waals surface area (Å²) in [4.78, 5) is 22.7. The van der Waals surface area contributed by atoms with Crippen molar-refractivity contribution in [3.63, 3.8) is 0 Å². The number of carbonyl (C=O) groups excluding carboxylic acids is 1. The van der Waals surface area contributed by atoms with Crippen molar-refractivity contribution in [3.05, 3.63) is 47.8 Å². The number of carboxylic acids is 1. The monoisotopic (exact) mass is 259 g/mol. The van der Waals surface area contributed by atoms with E-state index in [2.05, 4.69) is 10.4 Å². The van der Waals surface area contributed by atoms with Crippen molar-refractivity contribution in [1.82, 2.24) is 9.78 Å². The fourth-order valence-corrected chi connectivity index (χ4v) is 1.68. The van der Waals surface area contributed by atoms with Crippen LogP contribution in [0.2, 0.25) is 0 Å². The number of amides is 1. The molecule has 0 aliphatic heterocycles. The normalized spacial score (nSPS) is 10.2. The van der Waals surface area contributed by atoms with Crippen molar-refractivity contribution in [3.8, 4) is 0 Å². The number of benzene rings is 1. The summed E-state index contributed by atoms with van der Waals surface area (Å²) in [7, 11) is 0. The molecule has 1 aromatic heterocycles. The second-order valence-corrected chi connectivity index (χ2v) is 4.04. The van der Waals surface area contributed by atoms with E-state index < -0.39 is 5.97 Å². The molecule has 0 atom stereocenters. The molecule has 1 heterocycles. The quantitative estimate of drug-likeness (QED) is 0.872. The van der Waals surface area contributed by atoms with Gasteiger partial charge in [-0.05, 0) is 24.6 Å². The Morgan fingerprint density at radius 2 is 2.05 bits per heavy atom. The van der Waals surface area contributed by atoms with E-state index in [1.807, 2.05) is 25.1 Å². The van der Waals surface area contributed by atoms with Gasteiger partial charge in [0.1, 0.15) is 12.2 Å². The second kappa shape index (κ2) is 5.34. The Kier molecular flexibility index (Phi) is 3.61. The Hall–Kier alpha value is -2.63. The highest BCUT2D eigenvalue weighted by atomic mass is 16.4. The molecule has 0 radical (unpaired) electrons. The summed E-state index contributed by atoms with van der Waals surface area (Å²) in [6, 6.07) is 8.71. The minimum atomic E-state index is -1.11. The zero-order valence-electron chi connectivity index (χ0n) is 10.3. The fourth-order valence-electron chi connectivity index (χ4n) is 1.68. The number of para-hydroxylation sites is 1. The van der Waals surface area contributed by atoms with Crippen LogP contribution in [0.15, 0.2) is 36.5 Å². The molecule has 0 bridgehead atoms. The van der Waals surface area contributed by atoms with Crippen molar-refractivity contribution in [2.24, 2.45) is 0 Å². The van der Waals surface area contributed by atoms with Crippen LogP contribution >= 0.6 is 0 Å². The van der Waals surface area contributed by atoms with Crippen LogP contribution in [0.1, 0.15) is 16.1 Å². The molecule has 1 amide bonds. The number of nitrogens with one attached hydrogen (secondary N) is 1. The van der Waals surface area contributed by atoms with Crippen LogP contribution in [0.3, 0.4) is 0 Å². The van der Waals surface area contributed by atoms with Gasteiger partial charge in [0.25, 0.3) is 0 Å². The standard InChI is InChI=1S/C13H13N3O3/c1-9-4-2-3-5-10(9)15-12(17)8-16-11(13(18)19)6-7-14-16/h2-7H,8H2,1H3,(H,15,17)(H,18,19). The Morgan fingerprint density at radius 3 is 2.74 bits per heavy atom. The smallest absolute Gasteiger partial charge is 0.354 e. The second-order valence-electron chi connectivity index (χ2n) is 4.04. The van der Waals surface area contributed by atoms with E-state index in [0.717, 1.165) is 10.2 Å². The minimum Gasteiger partial charge on any atom is -0.477 e. The Labute approximate surface area is 109 Å². The molecule has 2 N–H and O–H groups in total. The first-order chi connectivity index (χ1) is 9.08. The molecular formula is C13H13N3O3. The summed E-state index contributed by atoms with van der Waals surface area (Å²) in [5, 5.41) is 15.4. The van der Waals surface area contributed by atoms with Gasteiger partial charge in [-0.15, -0.1) is 0 Å². The molecule has 1 aromatic carbocycles. The van der Waals surface area contributed by atoms with Gasteiger partial charge in [0.05, 0.1) is 0 Å². The molecule has 2 aromatic rings. The zero-order valence-corrected chi connectivity index (χ0v) is 10.3. The van der Waals surface area contributed by atoms with Crippen LogP contribution in [0.5, 0.6) is 0 Å². The maximum atomic E-state index is 11.8. The highest BCUT2D eigenvalue weighted by Gasteiger charge is 2.13. The number of aromatic carboxylic acids is 1. The number of aryl methyl sites for hydroxylation is 1. The van der Waals surface area contributed by atoms with Crippen LogP contribution in [0, 0.1) is 6.92 Å². The van der Waals surface area contributed by atoms with E-state index in [4.69, 9.17) is 5.11 Å². The zero-order chi connectivity index (χ0) is 13.8. The van der Waals surface area contributed by atoms with E-state index in [9.17, 15) is 9.59 Å². The molecule has 0 unspecified atom stereocenters. The van der Waals surface area contributed by atoms with Crippen LogP contribution in [-0.2, 0) is 11.3 Å². The van der Waals surface area contributed by atoms with Crippen molar-refractivity contribution in [2.45, 2.75) is 13.5 Å². The summed E-state index contributed by atoms with van der Waals surface area (Å²) in [6.07, 6.45) is 1.35. The SMILES string of the molecule is Cc1ccccc1NC(=O)Cn1nccc1C(=O)O. The molecule has 6 nitrogen and oxygen atoms in total. The summed E-state index contributed by atoms with van der Waals surface area (Å²) in [6.45, 7) is 1.75. The van der Waals surface area contributed by atoms with Crippen molar-refractivity contribution >= 4 is 17.6 Å². The fraction of sp³-hybridized carbons (Fsp3) is 0.154. The van der Waals surface area contributed by atoms with E-state index in [1.54, 1.807) is 6.07 Å². The highest BCUT2D eigenvalue weighted by molar-refractivity contribution is 5.92. The summed E-state index contributed by atoms with van der Waals surface area (Å²) in [5.41, 5.74) is 1.63. The van der Waals surface area contributed by atoms with E-state index in [-0.39, 0.29) is 18.1 Å². The minimum absolute atomic E-state index is 0.0140. The Bertz CT molecular complexity index is 619. The van der Waals surface area contributed by atoms with Gasteiger partial charge in [-0.2, -0.15) is 5.10 Å². The molecule has 0 aliphatic carbocycles. The third-order valence-electron chi connectivity index (χ3n) is 2.65. The van der Waals surface area contributed by atoms with Crippen LogP contribution in [-0.4, -0.2) is 26.8 Å². The van der Waals surface area contributed by atoms with Crippen molar-refractivity contribution < 1.29 is 14.7 Å². The molecule has 98 valence electrons. The van der Waals surface area contributed by atoms with Crippen molar-refractivity contribution in [1.29, 1.82) is 0 Å². The Balaban J connectivity index is 2.08. The number of hydrogen-bond acceptors (Lipinski definition) is 3. The lowest BCUT2D eigenvalue weighted by molar-refractivity contribution is -0.116.